The zero-order chi connectivity index (χ0) is 13.2. The monoisotopic (exact) mass is 251 g/mol. The van der Waals surface area contributed by atoms with Crippen molar-refractivity contribution in [3.8, 4) is 0 Å². The average Bonchev–Trinajstić information content (AvgIpc) is 2.76. The molecule has 0 unspecified atom stereocenters. The van der Waals surface area contributed by atoms with E-state index in [1.54, 1.807) is 0 Å². The van der Waals surface area contributed by atoms with Gasteiger partial charge in [0, 0.05) is 37.9 Å². The molecule has 1 aromatic heterocycles. The Morgan fingerprint density at radius 1 is 1.44 bits per heavy atom. The van der Waals surface area contributed by atoms with E-state index >= 15 is 0 Å². The van der Waals surface area contributed by atoms with Crippen molar-refractivity contribution in [1.82, 2.24) is 20.4 Å². The molecule has 0 spiro atoms. The number of hydrogen-bond acceptors (Lipinski definition) is 4. The highest BCUT2D eigenvalue weighted by atomic mass is 16.2. The largest absolute Gasteiger partial charge is 0.314 e. The summed E-state index contributed by atoms with van der Waals surface area (Å²) in [5, 5.41) is 13.0. The van der Waals surface area contributed by atoms with Crippen LogP contribution < -0.4 is 10.6 Å². The smallest absolute Gasteiger partial charge is 0.245 e. The minimum atomic E-state index is -0.519. The van der Waals surface area contributed by atoms with Crippen molar-refractivity contribution in [2.24, 2.45) is 0 Å². The summed E-state index contributed by atoms with van der Waals surface area (Å²) in [4.78, 5) is 14.5. The standard InChI is InChI=1S/C12H21N5O/c1-9-8-10(16-15-9)14-11(18)12(2,3)17-6-4-13-5-7-17/h8,13H,4-7H2,1-3H3,(H2,14,15,16,18). The highest BCUT2D eigenvalue weighted by Gasteiger charge is 2.35. The lowest BCUT2D eigenvalue weighted by Gasteiger charge is -2.39. The Balaban J connectivity index is 2.02. The van der Waals surface area contributed by atoms with E-state index in [0.29, 0.717) is 5.82 Å². The second-order valence-electron chi connectivity index (χ2n) is 5.19. The van der Waals surface area contributed by atoms with Crippen molar-refractivity contribution in [2.75, 3.05) is 31.5 Å². The maximum absolute atomic E-state index is 12.3. The van der Waals surface area contributed by atoms with Crippen molar-refractivity contribution in [3.05, 3.63) is 11.8 Å². The molecule has 1 aliphatic rings. The van der Waals surface area contributed by atoms with E-state index in [1.165, 1.54) is 0 Å². The number of rotatable bonds is 3. The molecule has 3 N–H and O–H groups in total. The maximum atomic E-state index is 12.3. The SMILES string of the molecule is Cc1cc(NC(=O)C(C)(C)N2CCNCC2)n[nH]1. The summed E-state index contributed by atoms with van der Waals surface area (Å²) in [5.41, 5.74) is 0.417. The van der Waals surface area contributed by atoms with Crippen molar-refractivity contribution in [3.63, 3.8) is 0 Å². The number of anilines is 1. The Kier molecular flexibility index (Phi) is 3.68. The highest BCUT2D eigenvalue weighted by molar-refractivity contribution is 5.96. The molecule has 0 radical (unpaired) electrons. The number of aromatic nitrogens is 2. The van der Waals surface area contributed by atoms with Gasteiger partial charge in [0.2, 0.25) is 5.91 Å². The Morgan fingerprint density at radius 2 is 2.11 bits per heavy atom. The number of hydrogen-bond donors (Lipinski definition) is 3. The van der Waals surface area contributed by atoms with Gasteiger partial charge < -0.3 is 10.6 Å². The molecule has 1 amide bonds. The Morgan fingerprint density at radius 3 is 2.67 bits per heavy atom. The van der Waals surface area contributed by atoms with Crippen LogP contribution in [0, 0.1) is 6.92 Å². The minimum absolute atomic E-state index is 0.0177. The zero-order valence-corrected chi connectivity index (χ0v) is 11.2. The summed E-state index contributed by atoms with van der Waals surface area (Å²) in [6, 6.07) is 1.83. The summed E-state index contributed by atoms with van der Waals surface area (Å²) in [7, 11) is 0. The quantitative estimate of drug-likeness (QED) is 0.724. The summed E-state index contributed by atoms with van der Waals surface area (Å²) < 4.78 is 0. The lowest BCUT2D eigenvalue weighted by atomic mass is 10.0. The fraction of sp³-hybridized carbons (Fsp3) is 0.667. The number of nitrogens with one attached hydrogen (secondary N) is 3. The molecule has 0 atom stereocenters. The van der Waals surface area contributed by atoms with Crippen LogP contribution in [0.15, 0.2) is 6.07 Å². The third-order valence-electron chi connectivity index (χ3n) is 3.41. The molecule has 18 heavy (non-hydrogen) atoms. The van der Waals surface area contributed by atoms with Crippen LogP contribution in [0.5, 0.6) is 0 Å². The van der Waals surface area contributed by atoms with Gasteiger partial charge >= 0.3 is 0 Å². The van der Waals surface area contributed by atoms with Crippen molar-refractivity contribution in [2.45, 2.75) is 26.3 Å². The van der Waals surface area contributed by atoms with Gasteiger partial charge in [0.15, 0.2) is 5.82 Å². The summed E-state index contributed by atoms with van der Waals surface area (Å²) in [6.07, 6.45) is 0. The van der Waals surface area contributed by atoms with Crippen molar-refractivity contribution < 1.29 is 4.79 Å². The number of piperazine rings is 1. The third-order valence-corrected chi connectivity index (χ3v) is 3.41. The van der Waals surface area contributed by atoms with Gasteiger partial charge in [0.25, 0.3) is 0 Å². The zero-order valence-electron chi connectivity index (χ0n) is 11.2. The molecule has 0 bridgehead atoms. The number of aromatic amines is 1. The number of H-pyrrole nitrogens is 1. The lowest BCUT2D eigenvalue weighted by Crippen LogP contribution is -2.58. The predicted octanol–water partition coefficient (Wildman–Crippen LogP) is 0.340. The van der Waals surface area contributed by atoms with Crippen LogP contribution in [-0.2, 0) is 4.79 Å². The van der Waals surface area contributed by atoms with E-state index < -0.39 is 5.54 Å². The molecule has 0 aliphatic carbocycles. The van der Waals surface area contributed by atoms with Crippen LogP contribution in [-0.4, -0.2) is 52.7 Å². The van der Waals surface area contributed by atoms with Crippen LogP contribution in [0.25, 0.3) is 0 Å². The number of carbonyl (C=O) groups excluding carboxylic acids is 1. The van der Waals surface area contributed by atoms with Gasteiger partial charge in [-0.1, -0.05) is 0 Å². The number of nitrogens with zero attached hydrogens (tertiary/aromatic N) is 2. The average molecular weight is 251 g/mol. The maximum Gasteiger partial charge on any atom is 0.245 e. The second-order valence-corrected chi connectivity index (χ2v) is 5.19. The normalized spacial score (nSPS) is 17.7. The van der Waals surface area contributed by atoms with Crippen LogP contribution in [0.3, 0.4) is 0 Å². The molecule has 1 aliphatic heterocycles. The predicted molar refractivity (Wildman–Crippen MR) is 70.5 cm³/mol. The van der Waals surface area contributed by atoms with Gasteiger partial charge in [-0.05, 0) is 20.8 Å². The van der Waals surface area contributed by atoms with Gasteiger partial charge in [0.1, 0.15) is 0 Å². The minimum Gasteiger partial charge on any atom is -0.314 e. The van der Waals surface area contributed by atoms with Crippen LogP contribution in [0.1, 0.15) is 19.5 Å². The highest BCUT2D eigenvalue weighted by Crippen LogP contribution is 2.17. The van der Waals surface area contributed by atoms with Gasteiger partial charge in [-0.3, -0.25) is 14.8 Å². The van der Waals surface area contributed by atoms with E-state index in [4.69, 9.17) is 0 Å². The molecule has 0 saturated carbocycles. The van der Waals surface area contributed by atoms with E-state index in [0.717, 1.165) is 31.9 Å². The molecular weight excluding hydrogens is 230 g/mol. The first-order chi connectivity index (χ1) is 8.50. The number of amides is 1. The molecule has 0 aromatic carbocycles. The molecule has 1 aromatic rings. The molecule has 1 fully saturated rings. The number of aryl methyl sites for hydroxylation is 1. The molecule has 6 heteroatoms. The number of carbonyl (C=O) groups is 1. The molecular formula is C12H21N5O. The first-order valence-electron chi connectivity index (χ1n) is 6.29. The summed E-state index contributed by atoms with van der Waals surface area (Å²) in [5.74, 6) is 0.566. The van der Waals surface area contributed by atoms with E-state index in [-0.39, 0.29) is 5.91 Å². The fourth-order valence-electron chi connectivity index (χ4n) is 2.12. The topological polar surface area (TPSA) is 73.1 Å². The summed E-state index contributed by atoms with van der Waals surface area (Å²) >= 11 is 0. The first kappa shape index (κ1) is 13.0. The Hall–Kier alpha value is -1.40. The van der Waals surface area contributed by atoms with Crippen LogP contribution >= 0.6 is 0 Å². The molecule has 2 heterocycles. The molecule has 2 rings (SSSR count). The first-order valence-corrected chi connectivity index (χ1v) is 6.29. The van der Waals surface area contributed by atoms with E-state index in [2.05, 4.69) is 25.7 Å². The van der Waals surface area contributed by atoms with Gasteiger partial charge in [-0.25, -0.2) is 0 Å². The van der Waals surface area contributed by atoms with Crippen LogP contribution in [0.4, 0.5) is 5.82 Å². The van der Waals surface area contributed by atoms with Crippen LogP contribution in [0.2, 0.25) is 0 Å². The fourth-order valence-corrected chi connectivity index (χ4v) is 2.12. The molecule has 6 nitrogen and oxygen atoms in total. The van der Waals surface area contributed by atoms with Gasteiger partial charge in [-0.2, -0.15) is 5.10 Å². The van der Waals surface area contributed by atoms with E-state index in [9.17, 15) is 4.79 Å². The van der Waals surface area contributed by atoms with Gasteiger partial charge in [-0.15, -0.1) is 0 Å². The summed E-state index contributed by atoms with van der Waals surface area (Å²) in [6.45, 7) is 9.45. The lowest BCUT2D eigenvalue weighted by molar-refractivity contribution is -0.126. The van der Waals surface area contributed by atoms with Crippen molar-refractivity contribution >= 4 is 11.7 Å². The van der Waals surface area contributed by atoms with Gasteiger partial charge in [0.05, 0.1) is 5.54 Å². The molecule has 1 saturated heterocycles. The van der Waals surface area contributed by atoms with Crippen molar-refractivity contribution in [1.29, 1.82) is 0 Å². The van der Waals surface area contributed by atoms with E-state index in [1.807, 2.05) is 26.8 Å². The third kappa shape index (κ3) is 2.70. The Bertz CT molecular complexity index is 420. The Labute approximate surface area is 107 Å². The second kappa shape index (κ2) is 5.07. The molecule has 100 valence electrons.